The smallest absolute Gasteiger partial charge is 0.164 e. The van der Waals surface area contributed by atoms with Gasteiger partial charge in [-0.3, -0.25) is 19.2 Å². The van der Waals surface area contributed by atoms with E-state index in [1.807, 2.05) is 0 Å². The van der Waals surface area contributed by atoms with Gasteiger partial charge in [-0.15, -0.1) is 0 Å². The molecule has 0 atom stereocenters. The van der Waals surface area contributed by atoms with E-state index in [9.17, 15) is 19.2 Å². The lowest BCUT2D eigenvalue weighted by Gasteiger charge is -2.08. The number of rotatable bonds is 0. The van der Waals surface area contributed by atoms with Gasteiger partial charge in [-0.1, -0.05) is 36.4 Å². The molecule has 0 heterocycles. The van der Waals surface area contributed by atoms with Crippen LogP contribution in [0.1, 0.15) is 59.2 Å². The standard InChI is InChI=1S/C18H18O4/c19-13-5-1-2-6-14(20)10-12-18(22)16-8-4-3-7-15(16)17(21)11-9-13/h1-4,7-8H,5-6,9-12H2/b2-1-. The molecule has 0 aliphatic heterocycles. The summed E-state index contributed by atoms with van der Waals surface area (Å²) in [6, 6.07) is 6.60. The molecule has 0 fully saturated rings. The fourth-order valence-corrected chi connectivity index (χ4v) is 2.38. The zero-order valence-corrected chi connectivity index (χ0v) is 12.3. The van der Waals surface area contributed by atoms with Gasteiger partial charge in [0.25, 0.3) is 0 Å². The Morgan fingerprint density at radius 1 is 0.591 bits per heavy atom. The highest BCUT2D eigenvalue weighted by molar-refractivity contribution is 6.10. The summed E-state index contributed by atoms with van der Waals surface area (Å²) in [5.41, 5.74) is 0.695. The molecule has 0 amide bonds. The summed E-state index contributed by atoms with van der Waals surface area (Å²) in [5.74, 6) is -0.495. The van der Waals surface area contributed by atoms with Crippen LogP contribution in [0.3, 0.4) is 0 Å². The van der Waals surface area contributed by atoms with Gasteiger partial charge in [0, 0.05) is 49.7 Å². The van der Waals surface area contributed by atoms with Gasteiger partial charge >= 0.3 is 0 Å². The lowest BCUT2D eigenvalue weighted by molar-refractivity contribution is -0.119. The lowest BCUT2D eigenvalue weighted by atomic mass is 9.94. The second-order valence-corrected chi connectivity index (χ2v) is 5.35. The fourth-order valence-electron chi connectivity index (χ4n) is 2.38. The van der Waals surface area contributed by atoms with Crippen molar-refractivity contribution in [1.82, 2.24) is 0 Å². The fraction of sp³-hybridized carbons (Fsp3) is 0.333. The van der Waals surface area contributed by atoms with Crippen molar-refractivity contribution >= 4 is 23.1 Å². The van der Waals surface area contributed by atoms with E-state index in [0.717, 1.165) is 0 Å². The van der Waals surface area contributed by atoms with E-state index < -0.39 is 0 Å². The van der Waals surface area contributed by atoms with Crippen molar-refractivity contribution in [2.24, 2.45) is 0 Å². The van der Waals surface area contributed by atoms with Gasteiger partial charge in [0.15, 0.2) is 11.6 Å². The number of carbonyl (C=O) groups excluding carboxylic acids is 4. The first-order valence-electron chi connectivity index (χ1n) is 7.41. The van der Waals surface area contributed by atoms with Gasteiger partial charge < -0.3 is 0 Å². The van der Waals surface area contributed by atoms with Crippen molar-refractivity contribution in [3.8, 4) is 0 Å². The predicted octanol–water partition coefficient (Wildman–Crippen LogP) is 3.10. The number of allylic oxidation sites excluding steroid dienone is 2. The molecule has 1 aromatic carbocycles. The molecule has 0 N–H and O–H groups in total. The Bertz CT molecular complexity index is 585. The second-order valence-electron chi connectivity index (χ2n) is 5.35. The van der Waals surface area contributed by atoms with Gasteiger partial charge in [0.1, 0.15) is 11.6 Å². The third kappa shape index (κ3) is 4.32. The molecule has 0 aromatic heterocycles. The van der Waals surface area contributed by atoms with Crippen LogP contribution in [0.25, 0.3) is 0 Å². The number of hydrogen-bond donors (Lipinski definition) is 0. The molecule has 0 saturated heterocycles. The molecule has 4 nitrogen and oxygen atoms in total. The van der Waals surface area contributed by atoms with Crippen LogP contribution in [0.4, 0.5) is 0 Å². The Morgan fingerprint density at radius 3 is 1.41 bits per heavy atom. The molecule has 1 aliphatic carbocycles. The van der Waals surface area contributed by atoms with Crippen LogP contribution < -0.4 is 0 Å². The third-order valence-corrected chi connectivity index (χ3v) is 3.65. The highest BCUT2D eigenvalue weighted by Crippen LogP contribution is 2.16. The SMILES string of the molecule is O=C1C/C=C\CC(=O)CCC(=O)c2ccccc2C(=O)CC1. The minimum Gasteiger partial charge on any atom is -0.299 e. The van der Waals surface area contributed by atoms with E-state index in [1.165, 1.54) is 0 Å². The van der Waals surface area contributed by atoms with Crippen LogP contribution in [0, 0.1) is 0 Å². The molecule has 0 radical (unpaired) electrons. The van der Waals surface area contributed by atoms with Crippen LogP contribution in [0.5, 0.6) is 0 Å². The summed E-state index contributed by atoms with van der Waals surface area (Å²) in [6.07, 6.45) is 4.31. The van der Waals surface area contributed by atoms with Crippen molar-refractivity contribution in [3.63, 3.8) is 0 Å². The van der Waals surface area contributed by atoms with Crippen LogP contribution in [0.15, 0.2) is 36.4 Å². The van der Waals surface area contributed by atoms with Crippen LogP contribution in [0.2, 0.25) is 0 Å². The summed E-state index contributed by atoms with van der Waals surface area (Å²) in [6.45, 7) is 0. The van der Waals surface area contributed by atoms with Crippen LogP contribution >= 0.6 is 0 Å². The average Bonchev–Trinajstić information content (AvgIpc) is 2.53. The number of benzene rings is 1. The van der Waals surface area contributed by atoms with Gasteiger partial charge in [-0.25, -0.2) is 0 Å². The first kappa shape index (κ1) is 16.0. The number of ketones is 4. The molecule has 4 heteroatoms. The molecule has 1 aliphatic rings. The molecule has 0 saturated carbocycles. The molecule has 22 heavy (non-hydrogen) atoms. The Morgan fingerprint density at radius 2 is 1.00 bits per heavy atom. The van der Waals surface area contributed by atoms with E-state index in [2.05, 4.69) is 0 Å². The topological polar surface area (TPSA) is 68.3 Å². The first-order valence-corrected chi connectivity index (χ1v) is 7.41. The predicted molar refractivity (Wildman–Crippen MR) is 82.0 cm³/mol. The molecule has 0 unspecified atom stereocenters. The van der Waals surface area contributed by atoms with Crippen LogP contribution in [-0.2, 0) is 9.59 Å². The van der Waals surface area contributed by atoms with E-state index in [-0.39, 0.29) is 61.7 Å². The molecule has 1 aromatic rings. The molecule has 0 spiro atoms. The Labute approximate surface area is 129 Å². The summed E-state index contributed by atoms with van der Waals surface area (Å²) < 4.78 is 0. The van der Waals surface area contributed by atoms with Crippen molar-refractivity contribution in [1.29, 1.82) is 0 Å². The van der Waals surface area contributed by atoms with Crippen molar-refractivity contribution < 1.29 is 19.2 Å². The van der Waals surface area contributed by atoms with E-state index in [1.54, 1.807) is 36.4 Å². The summed E-state index contributed by atoms with van der Waals surface area (Å²) in [7, 11) is 0. The molecule has 114 valence electrons. The number of Topliss-reactive ketones (excluding diaryl/α,β-unsaturated/α-hetero) is 4. The van der Waals surface area contributed by atoms with Gasteiger partial charge in [-0.2, -0.15) is 0 Å². The molecular weight excluding hydrogens is 280 g/mol. The maximum Gasteiger partial charge on any atom is 0.164 e. The molecule has 2 rings (SSSR count). The second kappa shape index (κ2) is 7.59. The lowest BCUT2D eigenvalue weighted by Crippen LogP contribution is -2.12. The Kier molecular flexibility index (Phi) is 5.53. The molecular formula is C18H18O4. The van der Waals surface area contributed by atoms with Crippen LogP contribution in [-0.4, -0.2) is 23.1 Å². The Balaban J connectivity index is 2.27. The van der Waals surface area contributed by atoms with E-state index in [0.29, 0.717) is 11.1 Å². The maximum atomic E-state index is 12.2. The number of fused-ring (bicyclic) bond motifs is 1. The minimum atomic E-state index is -0.204. The van der Waals surface area contributed by atoms with Gasteiger partial charge in [0.05, 0.1) is 0 Å². The molecule has 0 bridgehead atoms. The Hall–Kier alpha value is -2.36. The quantitative estimate of drug-likeness (QED) is 0.690. The highest BCUT2D eigenvalue weighted by atomic mass is 16.1. The summed E-state index contributed by atoms with van der Waals surface area (Å²) in [4.78, 5) is 47.9. The maximum absolute atomic E-state index is 12.2. The van der Waals surface area contributed by atoms with Gasteiger partial charge in [-0.05, 0) is 0 Å². The third-order valence-electron chi connectivity index (χ3n) is 3.65. The first-order chi connectivity index (χ1) is 10.6. The van der Waals surface area contributed by atoms with Gasteiger partial charge in [0.2, 0.25) is 0 Å². The summed E-state index contributed by atoms with van der Waals surface area (Å²) in [5, 5.41) is 0. The van der Waals surface area contributed by atoms with Crippen molar-refractivity contribution in [3.05, 3.63) is 47.5 Å². The normalized spacial score (nSPS) is 19.5. The van der Waals surface area contributed by atoms with Crippen molar-refractivity contribution in [2.75, 3.05) is 0 Å². The largest absolute Gasteiger partial charge is 0.299 e. The van der Waals surface area contributed by atoms with E-state index in [4.69, 9.17) is 0 Å². The monoisotopic (exact) mass is 298 g/mol. The number of carbonyl (C=O) groups is 4. The van der Waals surface area contributed by atoms with E-state index >= 15 is 0 Å². The number of hydrogen-bond acceptors (Lipinski definition) is 4. The minimum absolute atomic E-state index is 0.0436. The average molecular weight is 298 g/mol. The van der Waals surface area contributed by atoms with Crippen molar-refractivity contribution in [2.45, 2.75) is 38.5 Å². The highest BCUT2D eigenvalue weighted by Gasteiger charge is 2.18. The zero-order valence-electron chi connectivity index (χ0n) is 12.3. The zero-order chi connectivity index (χ0) is 15.9. The summed E-state index contributed by atoms with van der Waals surface area (Å²) >= 11 is 0.